The molecule has 0 spiro atoms. The van der Waals surface area contributed by atoms with Crippen molar-refractivity contribution in [2.45, 2.75) is 31.4 Å². The van der Waals surface area contributed by atoms with Gasteiger partial charge in [0.1, 0.15) is 0 Å². The molecule has 0 bridgehead atoms. The van der Waals surface area contributed by atoms with Crippen LogP contribution in [0.5, 0.6) is 0 Å². The van der Waals surface area contributed by atoms with Crippen LogP contribution in [0.1, 0.15) is 26.7 Å². The maximum atomic E-state index is 11.3. The van der Waals surface area contributed by atoms with Crippen molar-refractivity contribution in [1.29, 1.82) is 0 Å². The lowest BCUT2D eigenvalue weighted by molar-refractivity contribution is 0.578. The van der Waals surface area contributed by atoms with E-state index in [2.05, 4.69) is 27.3 Å². The van der Waals surface area contributed by atoms with Gasteiger partial charge in [0, 0.05) is 31.4 Å². The van der Waals surface area contributed by atoms with Crippen LogP contribution in [0, 0.1) is 0 Å². The van der Waals surface area contributed by atoms with E-state index in [0.29, 0.717) is 13.1 Å². The van der Waals surface area contributed by atoms with Gasteiger partial charge in [-0.2, -0.15) is 11.8 Å². The quantitative estimate of drug-likeness (QED) is 0.233. The van der Waals surface area contributed by atoms with Crippen LogP contribution in [0.15, 0.2) is 4.99 Å². The van der Waals surface area contributed by atoms with Crippen molar-refractivity contribution in [1.82, 2.24) is 15.4 Å². The van der Waals surface area contributed by atoms with Crippen molar-refractivity contribution in [3.05, 3.63) is 0 Å². The Morgan fingerprint density at radius 3 is 2.57 bits per heavy atom. The Labute approximate surface area is 149 Å². The fourth-order valence-electron chi connectivity index (χ4n) is 1.96. The normalized spacial score (nSPS) is 22.7. The third-order valence-electron chi connectivity index (χ3n) is 3.27. The minimum absolute atomic E-state index is 0. The zero-order chi connectivity index (χ0) is 15.1. The molecule has 1 rings (SSSR count). The lowest BCUT2D eigenvalue weighted by atomic mass is 10.1. The van der Waals surface area contributed by atoms with Gasteiger partial charge in [-0.05, 0) is 32.4 Å². The van der Waals surface area contributed by atoms with Crippen LogP contribution < -0.4 is 15.4 Å². The number of hydrogen-bond donors (Lipinski definition) is 3. The first-order chi connectivity index (χ1) is 9.41. The molecule has 1 unspecified atom stereocenters. The van der Waals surface area contributed by atoms with E-state index >= 15 is 0 Å². The first-order valence-corrected chi connectivity index (χ1v) is 9.60. The lowest BCUT2D eigenvalue weighted by Gasteiger charge is -2.24. The number of thioether (sulfide) groups is 1. The molecule has 0 saturated carbocycles. The smallest absolute Gasteiger partial charge is 0.211 e. The van der Waals surface area contributed by atoms with Crippen molar-refractivity contribution < 1.29 is 8.42 Å². The van der Waals surface area contributed by atoms with E-state index in [9.17, 15) is 8.42 Å². The summed E-state index contributed by atoms with van der Waals surface area (Å²) in [6.07, 6.45) is 2.49. The van der Waals surface area contributed by atoms with Crippen molar-refractivity contribution in [2.75, 3.05) is 38.2 Å². The van der Waals surface area contributed by atoms with E-state index in [1.807, 2.05) is 11.8 Å². The number of hydrogen-bond acceptors (Lipinski definition) is 4. The van der Waals surface area contributed by atoms with Gasteiger partial charge in [0.15, 0.2) is 5.96 Å². The molecule has 0 aromatic carbocycles. The number of rotatable bonds is 7. The number of nitrogens with one attached hydrogen (secondary N) is 3. The number of nitrogens with zero attached hydrogens (tertiary/aromatic N) is 1. The third kappa shape index (κ3) is 8.46. The van der Waals surface area contributed by atoms with Gasteiger partial charge in [-0.3, -0.25) is 4.99 Å². The van der Waals surface area contributed by atoms with Gasteiger partial charge in [0.25, 0.3) is 0 Å². The molecule has 1 saturated heterocycles. The third-order valence-corrected chi connectivity index (χ3v) is 6.22. The number of halogens is 1. The maximum Gasteiger partial charge on any atom is 0.211 e. The second-order valence-corrected chi connectivity index (χ2v) is 8.83. The van der Waals surface area contributed by atoms with Gasteiger partial charge in [-0.1, -0.05) is 0 Å². The van der Waals surface area contributed by atoms with E-state index in [4.69, 9.17) is 0 Å². The number of aliphatic imine (C=N–C) groups is 1. The standard InChI is InChI=1S/C12H26N4O2S2.HI/c1-4-20(17,18)16-8-7-14-11(13-3)15-10-12(2)6-5-9-19-12;/h16H,4-10H2,1-3H3,(H2,13,14,15);1H. The topological polar surface area (TPSA) is 82.6 Å². The van der Waals surface area contributed by atoms with E-state index < -0.39 is 10.0 Å². The molecule has 0 aliphatic carbocycles. The van der Waals surface area contributed by atoms with E-state index in [1.54, 1.807) is 14.0 Å². The van der Waals surface area contributed by atoms with Crippen LogP contribution >= 0.6 is 35.7 Å². The Morgan fingerprint density at radius 2 is 2.05 bits per heavy atom. The summed E-state index contributed by atoms with van der Waals surface area (Å²) in [4.78, 5) is 4.14. The molecule has 0 aromatic heterocycles. The van der Waals surface area contributed by atoms with Crippen LogP contribution in [0.3, 0.4) is 0 Å². The number of guanidine groups is 1. The Morgan fingerprint density at radius 1 is 1.33 bits per heavy atom. The minimum Gasteiger partial charge on any atom is -0.355 e. The van der Waals surface area contributed by atoms with Crippen molar-refractivity contribution in [3.63, 3.8) is 0 Å². The van der Waals surface area contributed by atoms with Crippen LogP contribution in [0.2, 0.25) is 0 Å². The van der Waals surface area contributed by atoms with Gasteiger partial charge < -0.3 is 10.6 Å². The average molecular weight is 450 g/mol. The molecule has 1 fully saturated rings. The van der Waals surface area contributed by atoms with Gasteiger partial charge >= 0.3 is 0 Å². The predicted molar refractivity (Wildman–Crippen MR) is 102 cm³/mol. The molecule has 1 heterocycles. The highest BCUT2D eigenvalue weighted by Crippen LogP contribution is 2.36. The molecule has 0 aromatic rings. The summed E-state index contributed by atoms with van der Waals surface area (Å²) < 4.78 is 25.3. The first kappa shape index (κ1) is 21.3. The summed E-state index contributed by atoms with van der Waals surface area (Å²) in [5, 5.41) is 6.41. The van der Waals surface area contributed by atoms with Crippen LogP contribution in [0.4, 0.5) is 0 Å². The molecule has 126 valence electrons. The highest BCUT2D eigenvalue weighted by molar-refractivity contribution is 14.0. The molecule has 1 aliphatic heterocycles. The molecule has 0 radical (unpaired) electrons. The van der Waals surface area contributed by atoms with E-state index in [0.717, 1.165) is 12.5 Å². The SMILES string of the molecule is CCS(=O)(=O)NCCNC(=NC)NCC1(C)CCCS1.I. The second-order valence-electron chi connectivity index (χ2n) is 5.05. The van der Waals surface area contributed by atoms with E-state index in [1.165, 1.54) is 18.6 Å². The Kier molecular flexibility index (Phi) is 10.2. The summed E-state index contributed by atoms with van der Waals surface area (Å²) >= 11 is 1.99. The molecule has 21 heavy (non-hydrogen) atoms. The molecule has 1 aliphatic rings. The molecule has 3 N–H and O–H groups in total. The Balaban J connectivity index is 0.00000400. The van der Waals surface area contributed by atoms with Crippen molar-refractivity contribution >= 4 is 51.7 Å². The lowest BCUT2D eigenvalue weighted by Crippen LogP contribution is -2.45. The summed E-state index contributed by atoms with van der Waals surface area (Å²) in [5.74, 6) is 2.05. The Bertz CT molecular complexity index is 423. The zero-order valence-electron chi connectivity index (χ0n) is 12.9. The molecule has 6 nitrogen and oxygen atoms in total. The second kappa shape index (κ2) is 10.1. The molecular weight excluding hydrogens is 423 g/mol. The largest absolute Gasteiger partial charge is 0.355 e. The summed E-state index contributed by atoms with van der Waals surface area (Å²) in [6, 6.07) is 0. The summed E-state index contributed by atoms with van der Waals surface area (Å²) in [5.41, 5.74) is 0. The van der Waals surface area contributed by atoms with E-state index in [-0.39, 0.29) is 34.5 Å². The van der Waals surface area contributed by atoms with Crippen LogP contribution in [0.25, 0.3) is 0 Å². The first-order valence-electron chi connectivity index (χ1n) is 6.96. The number of sulfonamides is 1. The minimum atomic E-state index is -3.11. The highest BCUT2D eigenvalue weighted by atomic mass is 127. The van der Waals surface area contributed by atoms with Gasteiger partial charge in [-0.15, -0.1) is 24.0 Å². The van der Waals surface area contributed by atoms with Gasteiger partial charge in [0.2, 0.25) is 10.0 Å². The fraction of sp³-hybridized carbons (Fsp3) is 0.917. The summed E-state index contributed by atoms with van der Waals surface area (Å²) in [6.45, 7) is 5.64. The monoisotopic (exact) mass is 450 g/mol. The summed E-state index contributed by atoms with van der Waals surface area (Å²) in [7, 11) is -1.40. The zero-order valence-corrected chi connectivity index (χ0v) is 16.9. The molecular formula is C12H27IN4O2S2. The Hall–Kier alpha value is 0.260. The van der Waals surface area contributed by atoms with Gasteiger partial charge in [-0.25, -0.2) is 13.1 Å². The van der Waals surface area contributed by atoms with Gasteiger partial charge in [0.05, 0.1) is 5.75 Å². The molecule has 0 amide bonds. The van der Waals surface area contributed by atoms with Crippen LogP contribution in [-0.2, 0) is 10.0 Å². The fourth-order valence-corrected chi connectivity index (χ4v) is 3.82. The van der Waals surface area contributed by atoms with Crippen LogP contribution in [-0.4, -0.2) is 57.3 Å². The molecule has 1 atom stereocenters. The van der Waals surface area contributed by atoms with Crippen molar-refractivity contribution in [3.8, 4) is 0 Å². The average Bonchev–Trinajstić information content (AvgIpc) is 2.85. The molecule has 9 heteroatoms. The maximum absolute atomic E-state index is 11.3. The highest BCUT2D eigenvalue weighted by Gasteiger charge is 2.29. The van der Waals surface area contributed by atoms with Crippen molar-refractivity contribution in [2.24, 2.45) is 4.99 Å². The predicted octanol–water partition coefficient (Wildman–Crippen LogP) is 0.994.